The van der Waals surface area contributed by atoms with E-state index in [1.165, 1.54) is 24.0 Å². The molecule has 2 aromatic rings. The molecule has 5 heteroatoms. The Morgan fingerprint density at radius 3 is 2.26 bits per heavy atom. The van der Waals surface area contributed by atoms with Crippen molar-refractivity contribution in [2.75, 3.05) is 6.54 Å². The first-order chi connectivity index (χ1) is 11.0. The fourth-order valence-electron chi connectivity index (χ4n) is 2.11. The van der Waals surface area contributed by atoms with Crippen molar-refractivity contribution >= 4 is 11.8 Å². The van der Waals surface area contributed by atoms with Gasteiger partial charge < -0.3 is 10.2 Å². The third-order valence-corrected chi connectivity index (χ3v) is 3.40. The van der Waals surface area contributed by atoms with Crippen molar-refractivity contribution in [3.05, 3.63) is 71.5 Å². The van der Waals surface area contributed by atoms with Crippen molar-refractivity contribution < 1.29 is 14.0 Å². The third-order valence-electron chi connectivity index (χ3n) is 3.40. The van der Waals surface area contributed by atoms with E-state index in [-0.39, 0.29) is 24.2 Å². The molecular formula is C18H19FN2O2. The highest BCUT2D eigenvalue weighted by atomic mass is 19.1. The van der Waals surface area contributed by atoms with Crippen LogP contribution in [0.4, 0.5) is 4.39 Å². The molecule has 0 saturated heterocycles. The smallest absolute Gasteiger partial charge is 0.239 e. The van der Waals surface area contributed by atoms with Crippen LogP contribution in [0.5, 0.6) is 0 Å². The summed E-state index contributed by atoms with van der Waals surface area (Å²) in [6.07, 6.45) is 0. The number of nitrogens with one attached hydrogen (secondary N) is 1. The zero-order chi connectivity index (χ0) is 16.7. The summed E-state index contributed by atoms with van der Waals surface area (Å²) < 4.78 is 12.8. The second-order valence-electron chi connectivity index (χ2n) is 5.26. The number of amides is 2. The van der Waals surface area contributed by atoms with E-state index in [1.54, 1.807) is 12.1 Å². The minimum Gasteiger partial charge on any atom is -0.350 e. The zero-order valence-corrected chi connectivity index (χ0v) is 13.0. The van der Waals surface area contributed by atoms with E-state index in [0.29, 0.717) is 13.1 Å². The van der Waals surface area contributed by atoms with Gasteiger partial charge in [0.1, 0.15) is 5.82 Å². The largest absolute Gasteiger partial charge is 0.350 e. The molecule has 120 valence electrons. The van der Waals surface area contributed by atoms with Crippen LogP contribution in [0.15, 0.2) is 54.6 Å². The van der Waals surface area contributed by atoms with Crippen LogP contribution in [-0.2, 0) is 22.7 Å². The number of hydrogen-bond donors (Lipinski definition) is 1. The first kappa shape index (κ1) is 16.7. The lowest BCUT2D eigenvalue weighted by atomic mass is 10.2. The Balaban J connectivity index is 1.88. The molecule has 2 rings (SSSR count). The Morgan fingerprint density at radius 2 is 1.65 bits per heavy atom. The van der Waals surface area contributed by atoms with E-state index in [9.17, 15) is 14.0 Å². The van der Waals surface area contributed by atoms with Crippen molar-refractivity contribution in [3.63, 3.8) is 0 Å². The molecule has 23 heavy (non-hydrogen) atoms. The molecule has 1 N–H and O–H groups in total. The third kappa shape index (κ3) is 5.54. The van der Waals surface area contributed by atoms with Gasteiger partial charge in [0.2, 0.25) is 11.8 Å². The predicted octanol–water partition coefficient (Wildman–Crippen LogP) is 2.49. The highest BCUT2D eigenvalue weighted by molar-refractivity contribution is 5.83. The van der Waals surface area contributed by atoms with E-state index in [0.717, 1.165) is 11.1 Å². The normalized spacial score (nSPS) is 10.2. The van der Waals surface area contributed by atoms with Crippen molar-refractivity contribution in [2.45, 2.75) is 20.0 Å². The molecule has 0 aliphatic rings. The van der Waals surface area contributed by atoms with Gasteiger partial charge in [-0.1, -0.05) is 42.5 Å². The predicted molar refractivity (Wildman–Crippen MR) is 85.8 cm³/mol. The molecule has 0 unspecified atom stereocenters. The molecule has 2 aromatic carbocycles. The lowest BCUT2D eigenvalue weighted by Gasteiger charge is -2.20. The van der Waals surface area contributed by atoms with Gasteiger partial charge in [-0.3, -0.25) is 9.59 Å². The number of hydrogen-bond acceptors (Lipinski definition) is 2. The minimum absolute atomic E-state index is 0.00851. The fraction of sp³-hybridized carbons (Fsp3) is 0.222. The minimum atomic E-state index is -0.314. The Bertz CT molecular complexity index is 656. The average molecular weight is 314 g/mol. The molecule has 0 aliphatic heterocycles. The molecular weight excluding hydrogens is 295 g/mol. The van der Waals surface area contributed by atoms with E-state index in [2.05, 4.69) is 5.32 Å². The summed E-state index contributed by atoms with van der Waals surface area (Å²) in [5.74, 6) is -0.725. The molecule has 0 atom stereocenters. The second-order valence-corrected chi connectivity index (χ2v) is 5.26. The highest BCUT2D eigenvalue weighted by Gasteiger charge is 2.13. The van der Waals surface area contributed by atoms with E-state index in [4.69, 9.17) is 0 Å². The van der Waals surface area contributed by atoms with E-state index in [1.807, 2.05) is 30.3 Å². The Morgan fingerprint density at radius 1 is 1.00 bits per heavy atom. The van der Waals surface area contributed by atoms with Gasteiger partial charge in [0, 0.05) is 20.0 Å². The molecule has 0 aliphatic carbocycles. The number of nitrogens with zero attached hydrogens (tertiary/aromatic N) is 1. The van der Waals surface area contributed by atoms with Crippen molar-refractivity contribution in [1.29, 1.82) is 0 Å². The summed E-state index contributed by atoms with van der Waals surface area (Å²) in [4.78, 5) is 25.2. The van der Waals surface area contributed by atoms with Crippen LogP contribution in [0.3, 0.4) is 0 Å². The Labute approximate surface area is 134 Å². The molecule has 4 nitrogen and oxygen atoms in total. The van der Waals surface area contributed by atoms with Crippen LogP contribution in [-0.4, -0.2) is 23.3 Å². The molecule has 0 saturated carbocycles. The average Bonchev–Trinajstić information content (AvgIpc) is 2.54. The lowest BCUT2D eigenvalue weighted by molar-refractivity contribution is -0.135. The Hall–Kier alpha value is -2.69. The molecule has 0 heterocycles. The van der Waals surface area contributed by atoms with Crippen LogP contribution >= 0.6 is 0 Å². The van der Waals surface area contributed by atoms with Crippen LogP contribution in [0, 0.1) is 5.82 Å². The maximum atomic E-state index is 12.8. The topological polar surface area (TPSA) is 49.4 Å². The molecule has 0 spiro atoms. The van der Waals surface area contributed by atoms with Gasteiger partial charge in [-0.05, 0) is 23.3 Å². The fourth-order valence-corrected chi connectivity index (χ4v) is 2.11. The number of rotatable bonds is 6. The van der Waals surface area contributed by atoms with Gasteiger partial charge >= 0.3 is 0 Å². The maximum absolute atomic E-state index is 12.8. The van der Waals surface area contributed by atoms with Crippen LogP contribution < -0.4 is 5.32 Å². The summed E-state index contributed by atoms with van der Waals surface area (Å²) in [6, 6.07) is 15.4. The number of benzene rings is 2. The molecule has 0 fully saturated rings. The van der Waals surface area contributed by atoms with Gasteiger partial charge in [-0.15, -0.1) is 0 Å². The van der Waals surface area contributed by atoms with Crippen molar-refractivity contribution in [2.24, 2.45) is 0 Å². The molecule has 2 amide bonds. The van der Waals surface area contributed by atoms with E-state index >= 15 is 0 Å². The van der Waals surface area contributed by atoms with Crippen LogP contribution in [0.25, 0.3) is 0 Å². The van der Waals surface area contributed by atoms with Crippen LogP contribution in [0.2, 0.25) is 0 Å². The molecule has 0 aromatic heterocycles. The second kappa shape index (κ2) is 8.08. The summed E-state index contributed by atoms with van der Waals surface area (Å²) in [7, 11) is 0. The molecule has 0 bridgehead atoms. The van der Waals surface area contributed by atoms with Gasteiger partial charge in [0.25, 0.3) is 0 Å². The van der Waals surface area contributed by atoms with Gasteiger partial charge in [0.05, 0.1) is 6.54 Å². The monoisotopic (exact) mass is 314 g/mol. The van der Waals surface area contributed by atoms with Gasteiger partial charge in [0.15, 0.2) is 0 Å². The summed E-state index contributed by atoms with van der Waals surface area (Å²) in [6.45, 7) is 2.12. The summed E-state index contributed by atoms with van der Waals surface area (Å²) >= 11 is 0. The standard InChI is InChI=1S/C18H19FN2O2/c1-14(22)21(12-16-5-3-2-4-6-16)13-18(23)20-11-15-7-9-17(19)10-8-15/h2-10H,11-13H2,1H3,(H,20,23). The lowest BCUT2D eigenvalue weighted by Crippen LogP contribution is -2.39. The number of carbonyl (C=O) groups excluding carboxylic acids is 2. The van der Waals surface area contributed by atoms with Crippen LogP contribution in [0.1, 0.15) is 18.1 Å². The first-order valence-electron chi connectivity index (χ1n) is 7.35. The highest BCUT2D eigenvalue weighted by Crippen LogP contribution is 2.05. The van der Waals surface area contributed by atoms with Crippen molar-refractivity contribution in [1.82, 2.24) is 10.2 Å². The quantitative estimate of drug-likeness (QED) is 0.890. The maximum Gasteiger partial charge on any atom is 0.239 e. The Kier molecular flexibility index (Phi) is 5.86. The summed E-state index contributed by atoms with van der Waals surface area (Å²) in [5, 5.41) is 2.73. The van der Waals surface area contributed by atoms with Gasteiger partial charge in [-0.2, -0.15) is 0 Å². The van der Waals surface area contributed by atoms with Crippen molar-refractivity contribution in [3.8, 4) is 0 Å². The zero-order valence-electron chi connectivity index (χ0n) is 13.0. The number of halogens is 1. The SMILES string of the molecule is CC(=O)N(CC(=O)NCc1ccc(F)cc1)Cc1ccccc1. The summed E-state index contributed by atoms with van der Waals surface area (Å²) in [5.41, 5.74) is 1.77. The first-order valence-corrected chi connectivity index (χ1v) is 7.35. The molecule has 0 radical (unpaired) electrons. The number of carbonyl (C=O) groups is 2. The van der Waals surface area contributed by atoms with Gasteiger partial charge in [-0.25, -0.2) is 4.39 Å². The van der Waals surface area contributed by atoms with E-state index < -0.39 is 0 Å².